The molecule has 2 rings (SSSR count). The zero-order valence-electron chi connectivity index (χ0n) is 10.9. The lowest BCUT2D eigenvalue weighted by Gasteiger charge is -2.32. The van der Waals surface area contributed by atoms with Crippen LogP contribution in [-0.4, -0.2) is 46.1 Å². The Balaban J connectivity index is 2.09. The van der Waals surface area contributed by atoms with Crippen LogP contribution in [0.1, 0.15) is 5.56 Å². The minimum absolute atomic E-state index is 0.320. The van der Waals surface area contributed by atoms with E-state index in [1.165, 1.54) is 22.7 Å². The number of nitrogens with zero attached hydrogens (tertiary/aromatic N) is 1. The zero-order valence-corrected chi connectivity index (χ0v) is 11.7. The van der Waals surface area contributed by atoms with Crippen LogP contribution in [0.25, 0.3) is 0 Å². The molecule has 1 aliphatic rings. The highest BCUT2D eigenvalue weighted by molar-refractivity contribution is 7.99. The summed E-state index contributed by atoms with van der Waals surface area (Å²) >= 11 is 1.50. The van der Waals surface area contributed by atoms with Gasteiger partial charge in [-0.3, -0.25) is 0 Å². The maximum Gasteiger partial charge on any atom is 0.327 e. The van der Waals surface area contributed by atoms with Crippen molar-refractivity contribution in [1.29, 1.82) is 0 Å². The number of hydrogen-bond donors (Lipinski definition) is 2. The second-order valence-corrected chi connectivity index (χ2v) is 5.67. The number of carboxylic acids is 1. The first-order valence-electron chi connectivity index (χ1n) is 6.13. The average molecular weight is 298 g/mol. The molecule has 0 aromatic heterocycles. The normalized spacial score (nSPS) is 18.7. The van der Waals surface area contributed by atoms with Crippen molar-refractivity contribution in [1.82, 2.24) is 4.90 Å². The van der Waals surface area contributed by atoms with Crippen molar-refractivity contribution < 1.29 is 19.1 Å². The van der Waals surface area contributed by atoms with Crippen LogP contribution in [-0.2, 0) is 4.79 Å². The molecule has 0 bridgehead atoms. The number of aliphatic carboxylic acids is 1. The van der Waals surface area contributed by atoms with Crippen LogP contribution >= 0.6 is 11.8 Å². The summed E-state index contributed by atoms with van der Waals surface area (Å²) in [6.45, 7) is 1.99. The van der Waals surface area contributed by atoms with Crippen LogP contribution in [0, 0.1) is 12.7 Å². The third-order valence-corrected chi connectivity index (χ3v) is 4.12. The Kier molecular flexibility index (Phi) is 4.49. The molecule has 1 aromatic carbocycles. The van der Waals surface area contributed by atoms with Crippen molar-refractivity contribution in [3.8, 4) is 0 Å². The molecule has 108 valence electrons. The predicted octanol–water partition coefficient (Wildman–Crippen LogP) is 2.17. The number of thioether (sulfide) groups is 1. The SMILES string of the molecule is Cc1ccc(NC(=O)N2CCSCC2C(=O)O)cc1F. The van der Waals surface area contributed by atoms with Gasteiger partial charge in [0.25, 0.3) is 0 Å². The lowest BCUT2D eigenvalue weighted by atomic mass is 10.2. The topological polar surface area (TPSA) is 69.6 Å². The maximum atomic E-state index is 13.4. The van der Waals surface area contributed by atoms with E-state index < -0.39 is 23.9 Å². The molecule has 1 fully saturated rings. The number of benzene rings is 1. The molecule has 2 N–H and O–H groups in total. The van der Waals surface area contributed by atoms with E-state index in [-0.39, 0.29) is 0 Å². The van der Waals surface area contributed by atoms with Gasteiger partial charge < -0.3 is 15.3 Å². The second-order valence-electron chi connectivity index (χ2n) is 4.52. The van der Waals surface area contributed by atoms with Crippen LogP contribution in [0.4, 0.5) is 14.9 Å². The highest BCUT2D eigenvalue weighted by Crippen LogP contribution is 2.19. The Morgan fingerprint density at radius 2 is 2.25 bits per heavy atom. The van der Waals surface area contributed by atoms with Crippen molar-refractivity contribution in [2.75, 3.05) is 23.4 Å². The molecule has 0 aliphatic carbocycles. The summed E-state index contributed by atoms with van der Waals surface area (Å²) in [5, 5.41) is 11.6. The minimum atomic E-state index is -1.03. The summed E-state index contributed by atoms with van der Waals surface area (Å²) in [6, 6.07) is 3.02. The Morgan fingerprint density at radius 3 is 2.90 bits per heavy atom. The lowest BCUT2D eigenvalue weighted by molar-refractivity contribution is -0.141. The van der Waals surface area contributed by atoms with Crippen LogP contribution in [0.5, 0.6) is 0 Å². The number of anilines is 1. The van der Waals surface area contributed by atoms with E-state index in [1.807, 2.05) is 0 Å². The number of hydrogen-bond acceptors (Lipinski definition) is 3. The number of nitrogens with one attached hydrogen (secondary N) is 1. The number of carbonyl (C=O) groups is 2. The highest BCUT2D eigenvalue weighted by atomic mass is 32.2. The molecule has 1 aliphatic heterocycles. The molecule has 7 heteroatoms. The minimum Gasteiger partial charge on any atom is -0.480 e. The second kappa shape index (κ2) is 6.13. The molecule has 2 amide bonds. The van der Waals surface area contributed by atoms with E-state index in [0.717, 1.165) is 0 Å². The average Bonchev–Trinajstić information content (AvgIpc) is 2.43. The Bertz CT molecular complexity index is 538. The number of rotatable bonds is 2. The number of aryl methyl sites for hydroxylation is 1. The molecule has 20 heavy (non-hydrogen) atoms. The number of carboxylic acid groups (broad SMARTS) is 1. The van der Waals surface area contributed by atoms with Crippen LogP contribution in [0.3, 0.4) is 0 Å². The first-order chi connectivity index (χ1) is 9.49. The molecule has 1 aromatic rings. The van der Waals surface area contributed by atoms with Crippen molar-refractivity contribution in [3.63, 3.8) is 0 Å². The number of amides is 2. The molecule has 1 heterocycles. The van der Waals surface area contributed by atoms with Gasteiger partial charge in [-0.15, -0.1) is 0 Å². The van der Waals surface area contributed by atoms with E-state index in [9.17, 15) is 14.0 Å². The van der Waals surface area contributed by atoms with Gasteiger partial charge in [-0.1, -0.05) is 6.07 Å². The molecule has 1 saturated heterocycles. The van der Waals surface area contributed by atoms with Gasteiger partial charge in [0.05, 0.1) is 0 Å². The molecule has 1 unspecified atom stereocenters. The fourth-order valence-electron chi connectivity index (χ4n) is 1.92. The highest BCUT2D eigenvalue weighted by Gasteiger charge is 2.32. The van der Waals surface area contributed by atoms with Crippen molar-refractivity contribution in [2.45, 2.75) is 13.0 Å². The van der Waals surface area contributed by atoms with E-state index >= 15 is 0 Å². The molecule has 0 saturated carbocycles. The van der Waals surface area contributed by atoms with E-state index in [1.54, 1.807) is 19.1 Å². The van der Waals surface area contributed by atoms with Gasteiger partial charge in [-0.25, -0.2) is 14.0 Å². The Labute approximate surface area is 120 Å². The van der Waals surface area contributed by atoms with E-state index in [2.05, 4.69) is 5.32 Å². The molecule has 1 atom stereocenters. The van der Waals surface area contributed by atoms with E-state index in [4.69, 9.17) is 5.11 Å². The van der Waals surface area contributed by atoms with E-state index in [0.29, 0.717) is 29.3 Å². The van der Waals surface area contributed by atoms with Gasteiger partial charge >= 0.3 is 12.0 Å². The maximum absolute atomic E-state index is 13.4. The first kappa shape index (κ1) is 14.6. The van der Waals surface area contributed by atoms with Crippen LogP contribution < -0.4 is 5.32 Å². The van der Waals surface area contributed by atoms with Gasteiger partial charge in [0.15, 0.2) is 0 Å². The molecule has 0 radical (unpaired) electrons. The molecule has 0 spiro atoms. The molecular formula is C13H15FN2O3S. The summed E-state index contributed by atoms with van der Waals surface area (Å²) in [5.41, 5.74) is 0.807. The quantitative estimate of drug-likeness (QED) is 0.878. The number of urea groups is 1. The van der Waals surface area contributed by atoms with Gasteiger partial charge in [-0.05, 0) is 24.6 Å². The fraction of sp³-hybridized carbons (Fsp3) is 0.385. The van der Waals surface area contributed by atoms with Crippen LogP contribution in [0.2, 0.25) is 0 Å². The molecule has 5 nitrogen and oxygen atoms in total. The number of halogens is 1. The standard InChI is InChI=1S/C13H15FN2O3S/c1-8-2-3-9(6-10(8)14)15-13(19)16-4-5-20-7-11(16)12(17)18/h2-3,6,11H,4-5,7H2,1H3,(H,15,19)(H,17,18). The largest absolute Gasteiger partial charge is 0.480 e. The zero-order chi connectivity index (χ0) is 14.7. The Morgan fingerprint density at radius 1 is 1.50 bits per heavy atom. The summed E-state index contributed by atoms with van der Waals surface area (Å²) in [6.07, 6.45) is 0. The van der Waals surface area contributed by atoms with Crippen LogP contribution in [0.15, 0.2) is 18.2 Å². The van der Waals surface area contributed by atoms with Crippen molar-refractivity contribution >= 4 is 29.4 Å². The van der Waals surface area contributed by atoms with Gasteiger partial charge in [0, 0.05) is 23.7 Å². The fourth-order valence-corrected chi connectivity index (χ4v) is 2.96. The third kappa shape index (κ3) is 3.22. The number of carbonyl (C=O) groups excluding carboxylic acids is 1. The first-order valence-corrected chi connectivity index (χ1v) is 7.29. The van der Waals surface area contributed by atoms with Crippen molar-refractivity contribution in [3.05, 3.63) is 29.6 Å². The third-order valence-electron chi connectivity index (χ3n) is 3.10. The predicted molar refractivity (Wildman–Crippen MR) is 75.6 cm³/mol. The lowest BCUT2D eigenvalue weighted by Crippen LogP contribution is -2.51. The van der Waals surface area contributed by atoms with Gasteiger partial charge in [0.1, 0.15) is 11.9 Å². The molecular weight excluding hydrogens is 283 g/mol. The Hall–Kier alpha value is -1.76. The monoisotopic (exact) mass is 298 g/mol. The summed E-state index contributed by atoms with van der Waals surface area (Å²) in [4.78, 5) is 24.5. The smallest absolute Gasteiger partial charge is 0.327 e. The van der Waals surface area contributed by atoms with Crippen molar-refractivity contribution in [2.24, 2.45) is 0 Å². The van der Waals surface area contributed by atoms with Gasteiger partial charge in [0.2, 0.25) is 0 Å². The summed E-state index contributed by atoms with van der Waals surface area (Å²) in [7, 11) is 0. The summed E-state index contributed by atoms with van der Waals surface area (Å²) < 4.78 is 13.4. The summed E-state index contributed by atoms with van der Waals surface area (Å²) in [5.74, 6) is -0.376. The van der Waals surface area contributed by atoms with Gasteiger partial charge in [-0.2, -0.15) is 11.8 Å².